The fourth-order valence-corrected chi connectivity index (χ4v) is 2.41. The van der Waals surface area contributed by atoms with Crippen LogP contribution >= 0.6 is 11.6 Å². The molecule has 1 aliphatic heterocycles. The van der Waals surface area contributed by atoms with E-state index in [1.165, 1.54) is 6.07 Å². The van der Waals surface area contributed by atoms with Gasteiger partial charge in [0.2, 0.25) is 0 Å². The molecule has 1 unspecified atom stereocenters. The molecule has 0 bridgehead atoms. The molecule has 4 nitrogen and oxygen atoms in total. The van der Waals surface area contributed by atoms with Gasteiger partial charge in [-0.05, 0) is 37.8 Å². The van der Waals surface area contributed by atoms with Gasteiger partial charge in [-0.25, -0.2) is 4.79 Å². The Balaban J connectivity index is 1.86. The summed E-state index contributed by atoms with van der Waals surface area (Å²) in [6.45, 7) is 1.29. The molecule has 1 aromatic carbocycles. The van der Waals surface area contributed by atoms with E-state index in [-0.39, 0.29) is 11.3 Å². The Hall–Kier alpha value is -1.26. The van der Waals surface area contributed by atoms with Gasteiger partial charge < -0.3 is 14.6 Å². The van der Waals surface area contributed by atoms with Crippen molar-refractivity contribution >= 4 is 17.6 Å². The fraction of sp³-hybridized carbons (Fsp3) is 0.500. The van der Waals surface area contributed by atoms with Gasteiger partial charge >= 0.3 is 5.97 Å². The average Bonchev–Trinajstić information content (AvgIpc) is 2.88. The van der Waals surface area contributed by atoms with Crippen LogP contribution in [0.1, 0.15) is 36.0 Å². The minimum atomic E-state index is -1.03. The van der Waals surface area contributed by atoms with Crippen LogP contribution < -0.4 is 4.74 Å². The highest BCUT2D eigenvalue weighted by molar-refractivity contribution is 6.32. The number of hydrogen-bond acceptors (Lipinski definition) is 3. The molecule has 0 spiro atoms. The second-order valence-corrected chi connectivity index (χ2v) is 4.95. The molecule has 1 aliphatic rings. The Morgan fingerprint density at radius 1 is 1.53 bits per heavy atom. The molecule has 0 amide bonds. The normalized spacial score (nSPS) is 18.5. The van der Waals surface area contributed by atoms with Crippen LogP contribution in [0.25, 0.3) is 0 Å². The van der Waals surface area contributed by atoms with Crippen molar-refractivity contribution < 1.29 is 19.4 Å². The number of rotatable bonds is 6. The maximum Gasteiger partial charge on any atom is 0.339 e. The predicted molar refractivity (Wildman–Crippen MR) is 72.1 cm³/mol. The van der Waals surface area contributed by atoms with Crippen LogP contribution in [-0.4, -0.2) is 30.4 Å². The summed E-state index contributed by atoms with van der Waals surface area (Å²) in [5.74, 6) is -0.777. The first-order valence-electron chi connectivity index (χ1n) is 6.44. The van der Waals surface area contributed by atoms with Gasteiger partial charge in [0, 0.05) is 6.61 Å². The lowest BCUT2D eigenvalue weighted by Gasteiger charge is -2.12. The number of halogens is 1. The minimum absolute atomic E-state index is 0.101. The van der Waals surface area contributed by atoms with Crippen LogP contribution in [0.5, 0.6) is 5.75 Å². The maximum absolute atomic E-state index is 11.1. The summed E-state index contributed by atoms with van der Waals surface area (Å²) in [6, 6.07) is 4.72. The number of benzene rings is 1. The number of hydrogen-bond donors (Lipinski definition) is 1. The standard InChI is InChI=1S/C14H17ClO4/c15-12-7-1-6-11(14(16)17)13(12)19-9-3-5-10-4-2-8-18-10/h1,6-7,10H,2-5,8-9H2,(H,16,17). The SMILES string of the molecule is O=C(O)c1cccc(Cl)c1OCCCC1CCCO1. The van der Waals surface area contributed by atoms with E-state index < -0.39 is 5.97 Å². The van der Waals surface area contributed by atoms with Gasteiger partial charge in [-0.2, -0.15) is 0 Å². The molecule has 1 N–H and O–H groups in total. The summed E-state index contributed by atoms with van der Waals surface area (Å²) < 4.78 is 11.0. The molecule has 104 valence electrons. The third-order valence-electron chi connectivity index (χ3n) is 3.14. The summed E-state index contributed by atoms with van der Waals surface area (Å²) in [5.41, 5.74) is 0.101. The van der Waals surface area contributed by atoms with Crippen molar-refractivity contribution in [3.05, 3.63) is 28.8 Å². The van der Waals surface area contributed by atoms with Crippen LogP contribution in [0.2, 0.25) is 5.02 Å². The molecule has 0 saturated carbocycles. The van der Waals surface area contributed by atoms with Crippen LogP contribution in [0.15, 0.2) is 18.2 Å². The summed E-state index contributed by atoms with van der Waals surface area (Å²) in [5, 5.41) is 9.39. The van der Waals surface area contributed by atoms with E-state index in [4.69, 9.17) is 26.2 Å². The van der Waals surface area contributed by atoms with E-state index in [1.54, 1.807) is 12.1 Å². The Kier molecular flexibility index (Phi) is 5.05. The molecule has 1 saturated heterocycles. The summed E-state index contributed by atoms with van der Waals surface area (Å²) >= 11 is 5.97. The molecular weight excluding hydrogens is 268 g/mol. The topological polar surface area (TPSA) is 55.8 Å². The van der Waals surface area contributed by atoms with Crippen LogP contribution in [0, 0.1) is 0 Å². The van der Waals surface area contributed by atoms with Gasteiger partial charge in [0.15, 0.2) is 5.75 Å². The molecule has 0 radical (unpaired) electrons. The molecule has 0 aromatic heterocycles. The zero-order valence-electron chi connectivity index (χ0n) is 10.6. The molecular formula is C14H17ClO4. The van der Waals surface area contributed by atoms with E-state index in [0.29, 0.717) is 17.7 Å². The highest BCUT2D eigenvalue weighted by atomic mass is 35.5. The smallest absolute Gasteiger partial charge is 0.339 e. The van der Waals surface area contributed by atoms with Crippen molar-refractivity contribution in [1.82, 2.24) is 0 Å². The van der Waals surface area contributed by atoms with Gasteiger partial charge in [-0.15, -0.1) is 0 Å². The van der Waals surface area contributed by atoms with Crippen molar-refractivity contribution in [3.8, 4) is 5.75 Å². The molecule has 19 heavy (non-hydrogen) atoms. The predicted octanol–water partition coefficient (Wildman–Crippen LogP) is 3.38. The van der Waals surface area contributed by atoms with E-state index in [1.807, 2.05) is 0 Å². The van der Waals surface area contributed by atoms with E-state index in [2.05, 4.69) is 0 Å². The number of aromatic carboxylic acids is 1. The van der Waals surface area contributed by atoms with E-state index in [0.717, 1.165) is 32.3 Å². The highest BCUT2D eigenvalue weighted by Crippen LogP contribution is 2.29. The molecule has 5 heteroatoms. The molecule has 2 rings (SSSR count). The summed E-state index contributed by atoms with van der Waals surface area (Å²) in [6.07, 6.45) is 4.32. The van der Waals surface area contributed by atoms with Gasteiger partial charge in [-0.1, -0.05) is 17.7 Å². The lowest BCUT2D eigenvalue weighted by atomic mass is 10.1. The lowest BCUT2D eigenvalue weighted by Crippen LogP contribution is -2.09. The Labute approximate surface area is 117 Å². The summed E-state index contributed by atoms with van der Waals surface area (Å²) in [4.78, 5) is 11.1. The third-order valence-corrected chi connectivity index (χ3v) is 3.44. The van der Waals surface area contributed by atoms with Gasteiger partial charge in [0.25, 0.3) is 0 Å². The number of ether oxygens (including phenoxy) is 2. The zero-order chi connectivity index (χ0) is 13.7. The highest BCUT2D eigenvalue weighted by Gasteiger charge is 2.16. The monoisotopic (exact) mass is 284 g/mol. The molecule has 0 aliphatic carbocycles. The largest absolute Gasteiger partial charge is 0.491 e. The van der Waals surface area contributed by atoms with Crippen molar-refractivity contribution in [1.29, 1.82) is 0 Å². The second kappa shape index (κ2) is 6.78. The average molecular weight is 285 g/mol. The minimum Gasteiger partial charge on any atom is -0.491 e. The van der Waals surface area contributed by atoms with Crippen molar-refractivity contribution in [2.24, 2.45) is 0 Å². The van der Waals surface area contributed by atoms with Gasteiger partial charge in [0.05, 0.1) is 17.7 Å². The number of para-hydroxylation sites is 1. The van der Waals surface area contributed by atoms with E-state index in [9.17, 15) is 4.79 Å². The first-order chi connectivity index (χ1) is 9.18. The molecule has 1 heterocycles. The van der Waals surface area contributed by atoms with Crippen LogP contribution in [0.3, 0.4) is 0 Å². The lowest BCUT2D eigenvalue weighted by molar-refractivity contribution is 0.0690. The Morgan fingerprint density at radius 3 is 3.05 bits per heavy atom. The molecule has 1 aromatic rings. The number of carboxylic acid groups (broad SMARTS) is 1. The first kappa shape index (κ1) is 14.2. The number of carboxylic acids is 1. The van der Waals surface area contributed by atoms with E-state index >= 15 is 0 Å². The zero-order valence-corrected chi connectivity index (χ0v) is 11.4. The maximum atomic E-state index is 11.1. The first-order valence-corrected chi connectivity index (χ1v) is 6.82. The number of carbonyl (C=O) groups is 1. The summed E-state index contributed by atoms with van der Waals surface area (Å²) in [7, 11) is 0. The van der Waals surface area contributed by atoms with Crippen molar-refractivity contribution in [3.63, 3.8) is 0 Å². The molecule has 1 atom stereocenters. The third kappa shape index (κ3) is 3.85. The van der Waals surface area contributed by atoms with Crippen LogP contribution in [0.4, 0.5) is 0 Å². The quantitative estimate of drug-likeness (QED) is 0.814. The second-order valence-electron chi connectivity index (χ2n) is 4.55. The molecule has 1 fully saturated rings. The van der Waals surface area contributed by atoms with Gasteiger partial charge in [-0.3, -0.25) is 0 Å². The Bertz CT molecular complexity index is 441. The fourth-order valence-electron chi connectivity index (χ4n) is 2.18. The van der Waals surface area contributed by atoms with Crippen molar-refractivity contribution in [2.45, 2.75) is 31.8 Å². The van der Waals surface area contributed by atoms with Crippen molar-refractivity contribution in [2.75, 3.05) is 13.2 Å². The Morgan fingerprint density at radius 2 is 2.37 bits per heavy atom. The van der Waals surface area contributed by atoms with Crippen LogP contribution in [-0.2, 0) is 4.74 Å². The van der Waals surface area contributed by atoms with Gasteiger partial charge in [0.1, 0.15) is 5.56 Å².